The predicted molar refractivity (Wildman–Crippen MR) is 114 cm³/mol. The number of hydrogen-bond acceptors (Lipinski definition) is 3. The third-order valence-corrected chi connectivity index (χ3v) is 5.11. The zero-order valence-corrected chi connectivity index (χ0v) is 15.0. The van der Waals surface area contributed by atoms with Crippen LogP contribution in [0.15, 0.2) is 95.4 Å². The minimum absolute atomic E-state index is 0.376. The Labute approximate surface area is 162 Å². The second-order valence-electron chi connectivity index (χ2n) is 6.86. The summed E-state index contributed by atoms with van der Waals surface area (Å²) >= 11 is 0. The monoisotopic (exact) mass is 364 g/mol. The number of rotatable bonds is 3. The van der Waals surface area contributed by atoms with Crippen LogP contribution >= 0.6 is 0 Å². The fourth-order valence-electron chi connectivity index (χ4n) is 3.71. The molecule has 0 amide bonds. The molecule has 0 unspecified atom stereocenters. The summed E-state index contributed by atoms with van der Waals surface area (Å²) in [6.07, 6.45) is 0. The molecule has 0 spiro atoms. The molecule has 0 atom stereocenters. The topological polar surface area (TPSA) is 53.6 Å². The molecule has 5 rings (SSSR count). The first-order valence-electron chi connectivity index (χ1n) is 9.18. The summed E-state index contributed by atoms with van der Waals surface area (Å²) < 4.78 is 5.91. The Bertz CT molecular complexity index is 1290. The van der Waals surface area contributed by atoms with Gasteiger partial charge in [-0.25, -0.2) is 0 Å². The maximum atomic E-state index is 9.61. The molecule has 0 fully saturated rings. The summed E-state index contributed by atoms with van der Waals surface area (Å²) in [5, 5.41) is 21.1. The van der Waals surface area contributed by atoms with E-state index in [0.717, 1.165) is 27.5 Å². The molecule has 3 nitrogen and oxygen atoms in total. The van der Waals surface area contributed by atoms with E-state index >= 15 is 0 Å². The van der Waals surface area contributed by atoms with E-state index < -0.39 is 7.12 Å². The molecule has 0 radical (unpaired) electrons. The Hall–Kier alpha value is -3.34. The van der Waals surface area contributed by atoms with Gasteiger partial charge in [0.2, 0.25) is 0 Å². The minimum atomic E-state index is -1.56. The predicted octanol–water partition coefficient (Wildman–Crippen LogP) is 4.60. The fraction of sp³-hybridized carbons (Fsp3) is 0. The van der Waals surface area contributed by atoms with Gasteiger partial charge in [0.25, 0.3) is 0 Å². The first kappa shape index (κ1) is 16.8. The van der Waals surface area contributed by atoms with Crippen molar-refractivity contribution in [2.45, 2.75) is 0 Å². The van der Waals surface area contributed by atoms with Crippen LogP contribution in [0.4, 0.5) is 0 Å². The zero-order valence-electron chi connectivity index (χ0n) is 15.0. The normalized spacial score (nSPS) is 11.2. The van der Waals surface area contributed by atoms with Crippen LogP contribution in [0.3, 0.4) is 0 Å². The van der Waals surface area contributed by atoms with Gasteiger partial charge in [0.1, 0.15) is 11.2 Å². The van der Waals surface area contributed by atoms with Crippen LogP contribution in [0, 0.1) is 0 Å². The molecule has 5 aromatic rings. The van der Waals surface area contributed by atoms with Gasteiger partial charge in [-0.2, -0.15) is 0 Å². The van der Waals surface area contributed by atoms with Gasteiger partial charge in [-0.3, -0.25) is 0 Å². The minimum Gasteiger partial charge on any atom is -0.456 e. The molecule has 0 bridgehead atoms. The van der Waals surface area contributed by atoms with Crippen molar-refractivity contribution in [3.63, 3.8) is 0 Å². The van der Waals surface area contributed by atoms with Crippen molar-refractivity contribution in [1.82, 2.24) is 0 Å². The van der Waals surface area contributed by atoms with Crippen LogP contribution in [-0.2, 0) is 0 Å². The molecule has 1 aromatic heterocycles. The van der Waals surface area contributed by atoms with Crippen molar-refractivity contribution < 1.29 is 14.5 Å². The van der Waals surface area contributed by atoms with Crippen LogP contribution in [0.2, 0.25) is 0 Å². The van der Waals surface area contributed by atoms with E-state index in [-0.39, 0.29) is 0 Å². The lowest BCUT2D eigenvalue weighted by Crippen LogP contribution is -2.29. The highest BCUT2D eigenvalue weighted by molar-refractivity contribution is 6.61. The van der Waals surface area contributed by atoms with Gasteiger partial charge in [0, 0.05) is 16.2 Å². The summed E-state index contributed by atoms with van der Waals surface area (Å²) in [7, 11) is -1.56. The van der Waals surface area contributed by atoms with Crippen molar-refractivity contribution in [2.24, 2.45) is 0 Å². The zero-order chi connectivity index (χ0) is 19.1. The Kier molecular flexibility index (Phi) is 4.01. The SMILES string of the molecule is OB(O)c1cccc2c1oc1ccc(-c3cccc(-c4ccccc4)c3)cc12. The van der Waals surface area contributed by atoms with Crippen molar-refractivity contribution in [1.29, 1.82) is 0 Å². The fourth-order valence-corrected chi connectivity index (χ4v) is 3.71. The first-order valence-corrected chi connectivity index (χ1v) is 9.18. The van der Waals surface area contributed by atoms with Gasteiger partial charge < -0.3 is 14.5 Å². The number of furan rings is 1. The largest absolute Gasteiger partial charge is 0.492 e. The lowest BCUT2D eigenvalue weighted by Gasteiger charge is -2.06. The van der Waals surface area contributed by atoms with Gasteiger partial charge in [-0.15, -0.1) is 0 Å². The van der Waals surface area contributed by atoms with Crippen LogP contribution in [-0.4, -0.2) is 17.2 Å². The molecule has 0 saturated heterocycles. The van der Waals surface area contributed by atoms with E-state index in [1.54, 1.807) is 6.07 Å². The van der Waals surface area contributed by atoms with E-state index in [4.69, 9.17) is 4.42 Å². The summed E-state index contributed by atoms with van der Waals surface area (Å²) in [5.74, 6) is 0. The maximum absolute atomic E-state index is 9.61. The number of fused-ring (bicyclic) bond motifs is 3. The molecular formula is C24H17BO3. The number of benzene rings is 4. The molecular weight excluding hydrogens is 347 g/mol. The summed E-state index contributed by atoms with van der Waals surface area (Å²) in [6, 6.07) is 30.2. The Morgan fingerprint density at radius 1 is 0.571 bits per heavy atom. The molecule has 134 valence electrons. The Balaban J connectivity index is 1.66. The maximum Gasteiger partial charge on any atom is 0.492 e. The Morgan fingerprint density at radius 2 is 1.25 bits per heavy atom. The lowest BCUT2D eigenvalue weighted by molar-refractivity contribution is 0.425. The third-order valence-electron chi connectivity index (χ3n) is 5.11. The highest BCUT2D eigenvalue weighted by atomic mass is 16.4. The molecule has 28 heavy (non-hydrogen) atoms. The molecule has 1 heterocycles. The standard InChI is InChI=1S/C24H17BO3/c26-25(27)22-11-5-10-20-21-15-19(12-13-23(21)28-24(20)22)18-9-4-8-17(14-18)16-6-2-1-3-7-16/h1-15,26-27H. The second-order valence-corrected chi connectivity index (χ2v) is 6.86. The molecule has 4 heteroatoms. The number of hydrogen-bond donors (Lipinski definition) is 2. The smallest absolute Gasteiger partial charge is 0.456 e. The Morgan fingerprint density at radius 3 is 2.04 bits per heavy atom. The van der Waals surface area contributed by atoms with Gasteiger partial charge in [-0.1, -0.05) is 72.8 Å². The molecule has 0 aliphatic carbocycles. The third kappa shape index (κ3) is 2.80. The van der Waals surface area contributed by atoms with Crippen LogP contribution in [0.25, 0.3) is 44.2 Å². The summed E-state index contributed by atoms with van der Waals surface area (Å²) in [4.78, 5) is 0. The molecule has 2 N–H and O–H groups in total. The van der Waals surface area contributed by atoms with Crippen LogP contribution in [0.1, 0.15) is 0 Å². The van der Waals surface area contributed by atoms with E-state index in [1.165, 1.54) is 11.1 Å². The van der Waals surface area contributed by atoms with E-state index in [1.807, 2.05) is 42.5 Å². The average Bonchev–Trinajstić information content (AvgIpc) is 3.12. The summed E-state index contributed by atoms with van der Waals surface area (Å²) in [6.45, 7) is 0. The average molecular weight is 364 g/mol. The quantitative estimate of drug-likeness (QED) is 0.460. The van der Waals surface area contributed by atoms with Gasteiger partial charge >= 0.3 is 7.12 Å². The van der Waals surface area contributed by atoms with E-state index in [0.29, 0.717) is 11.0 Å². The second kappa shape index (κ2) is 6.68. The highest BCUT2D eigenvalue weighted by Crippen LogP contribution is 2.33. The summed E-state index contributed by atoms with van der Waals surface area (Å²) in [5.41, 5.74) is 6.18. The molecule has 0 aliphatic rings. The molecule has 0 saturated carbocycles. The number of para-hydroxylation sites is 1. The van der Waals surface area contributed by atoms with Gasteiger partial charge in [-0.05, 0) is 40.5 Å². The van der Waals surface area contributed by atoms with Gasteiger partial charge in [0.15, 0.2) is 0 Å². The van der Waals surface area contributed by atoms with Crippen molar-refractivity contribution >= 4 is 34.5 Å². The molecule has 4 aromatic carbocycles. The lowest BCUT2D eigenvalue weighted by atomic mass is 9.79. The first-order chi connectivity index (χ1) is 13.7. The van der Waals surface area contributed by atoms with Crippen molar-refractivity contribution in [3.8, 4) is 22.3 Å². The molecule has 0 aliphatic heterocycles. The van der Waals surface area contributed by atoms with Gasteiger partial charge in [0.05, 0.1) is 0 Å². The van der Waals surface area contributed by atoms with Crippen LogP contribution in [0.5, 0.6) is 0 Å². The van der Waals surface area contributed by atoms with E-state index in [9.17, 15) is 10.0 Å². The van der Waals surface area contributed by atoms with Crippen molar-refractivity contribution in [2.75, 3.05) is 0 Å². The van der Waals surface area contributed by atoms with Crippen molar-refractivity contribution in [3.05, 3.63) is 91.0 Å². The van der Waals surface area contributed by atoms with Crippen LogP contribution < -0.4 is 5.46 Å². The highest BCUT2D eigenvalue weighted by Gasteiger charge is 2.19. The van der Waals surface area contributed by atoms with E-state index in [2.05, 4.69) is 42.5 Å².